The van der Waals surface area contributed by atoms with Crippen LogP contribution >= 0.6 is 11.6 Å². The number of aliphatic hydroxyl groups excluding tert-OH is 1. The number of ether oxygens (including phenoxy) is 1. The van der Waals surface area contributed by atoms with Gasteiger partial charge in [0.15, 0.2) is 6.35 Å². The lowest BCUT2D eigenvalue weighted by atomic mass is 10.2. The van der Waals surface area contributed by atoms with Gasteiger partial charge in [-0.1, -0.05) is 11.6 Å². The Balaban J connectivity index is 1.51. The van der Waals surface area contributed by atoms with Crippen molar-refractivity contribution in [1.29, 1.82) is 0 Å². The summed E-state index contributed by atoms with van der Waals surface area (Å²) in [6.07, 6.45) is 0.689. The first-order valence-electron chi connectivity index (χ1n) is 9.02. The molecular weight excluding hydrogens is 389 g/mol. The first-order chi connectivity index (χ1) is 13.4. The standard InChI is InChI=1S/C18H21ClFN5O3/c1-11-9-28-10-17(26)25(11)15-7-21-24-5-4-23(8-16(15)24)18(27)22-12-2-3-14(20)13(19)6-12/h2-3,6-7,11,18,22,27H,4-5,8-10H2,1H3. The number of anilines is 2. The molecule has 0 spiro atoms. The molecule has 8 nitrogen and oxygen atoms in total. The molecule has 0 aliphatic carbocycles. The van der Waals surface area contributed by atoms with Crippen molar-refractivity contribution in [2.45, 2.75) is 32.4 Å². The number of amides is 1. The normalized spacial score (nSPS) is 21.5. The molecule has 2 atom stereocenters. The minimum atomic E-state index is -1.00. The molecule has 2 unspecified atom stereocenters. The summed E-state index contributed by atoms with van der Waals surface area (Å²) >= 11 is 5.80. The first kappa shape index (κ1) is 19.1. The molecule has 1 fully saturated rings. The molecule has 150 valence electrons. The lowest BCUT2D eigenvalue weighted by Crippen LogP contribution is -2.49. The van der Waals surface area contributed by atoms with Gasteiger partial charge in [0.05, 0.1) is 41.8 Å². The number of benzene rings is 1. The summed E-state index contributed by atoms with van der Waals surface area (Å²) in [4.78, 5) is 15.9. The van der Waals surface area contributed by atoms with Crippen molar-refractivity contribution in [2.24, 2.45) is 0 Å². The number of hydrogen-bond acceptors (Lipinski definition) is 6. The number of hydrogen-bond donors (Lipinski definition) is 2. The Kier molecular flexibility index (Phi) is 5.24. The van der Waals surface area contributed by atoms with Crippen molar-refractivity contribution >= 4 is 28.9 Å². The summed E-state index contributed by atoms with van der Waals surface area (Å²) in [6.45, 7) is 3.98. The van der Waals surface area contributed by atoms with Crippen LogP contribution < -0.4 is 10.2 Å². The van der Waals surface area contributed by atoms with E-state index < -0.39 is 12.2 Å². The second kappa shape index (κ2) is 7.67. The summed E-state index contributed by atoms with van der Waals surface area (Å²) in [7, 11) is 0. The molecule has 1 amide bonds. The lowest BCUT2D eigenvalue weighted by molar-refractivity contribution is -0.127. The second-order valence-electron chi connectivity index (χ2n) is 6.94. The number of aliphatic hydroxyl groups is 1. The summed E-state index contributed by atoms with van der Waals surface area (Å²) in [5.41, 5.74) is 2.10. The molecule has 10 heteroatoms. The smallest absolute Gasteiger partial charge is 0.253 e. The van der Waals surface area contributed by atoms with Crippen LogP contribution in [-0.2, 0) is 22.6 Å². The molecule has 2 aliphatic rings. The van der Waals surface area contributed by atoms with Gasteiger partial charge >= 0.3 is 0 Å². The molecule has 4 rings (SSSR count). The van der Waals surface area contributed by atoms with Crippen LogP contribution in [0.1, 0.15) is 12.6 Å². The van der Waals surface area contributed by atoms with Crippen molar-refractivity contribution in [3.63, 3.8) is 0 Å². The van der Waals surface area contributed by atoms with E-state index in [4.69, 9.17) is 16.3 Å². The van der Waals surface area contributed by atoms with Gasteiger partial charge in [-0.05, 0) is 25.1 Å². The van der Waals surface area contributed by atoms with E-state index in [0.29, 0.717) is 31.9 Å². The fraction of sp³-hybridized carbons (Fsp3) is 0.444. The van der Waals surface area contributed by atoms with Crippen molar-refractivity contribution in [3.8, 4) is 0 Å². The van der Waals surface area contributed by atoms with E-state index in [1.807, 2.05) is 16.5 Å². The number of morpholine rings is 1. The summed E-state index contributed by atoms with van der Waals surface area (Å²) < 4.78 is 20.5. The van der Waals surface area contributed by atoms with E-state index in [2.05, 4.69) is 10.4 Å². The van der Waals surface area contributed by atoms with Gasteiger partial charge in [0.2, 0.25) is 0 Å². The predicted octanol–water partition coefficient (Wildman–Crippen LogP) is 1.63. The fourth-order valence-electron chi connectivity index (χ4n) is 3.57. The molecule has 1 aromatic carbocycles. The van der Waals surface area contributed by atoms with E-state index in [1.54, 1.807) is 11.1 Å². The SMILES string of the molecule is CC1COCC(=O)N1c1cnn2c1CN(C(O)Nc1ccc(F)c(Cl)c1)CC2. The Hall–Kier alpha value is -2.20. The fourth-order valence-corrected chi connectivity index (χ4v) is 3.75. The third-order valence-electron chi connectivity index (χ3n) is 4.99. The molecule has 28 heavy (non-hydrogen) atoms. The maximum absolute atomic E-state index is 13.3. The van der Waals surface area contributed by atoms with E-state index in [1.165, 1.54) is 18.2 Å². The Morgan fingerprint density at radius 2 is 2.25 bits per heavy atom. The molecule has 1 aromatic heterocycles. The number of aromatic nitrogens is 2. The zero-order valence-corrected chi connectivity index (χ0v) is 16.1. The monoisotopic (exact) mass is 409 g/mol. The van der Waals surface area contributed by atoms with Gasteiger partial charge in [0, 0.05) is 18.8 Å². The van der Waals surface area contributed by atoms with Gasteiger partial charge in [-0.3, -0.25) is 14.4 Å². The van der Waals surface area contributed by atoms with Crippen LogP contribution in [0.3, 0.4) is 0 Å². The number of nitrogens with one attached hydrogen (secondary N) is 1. The second-order valence-corrected chi connectivity index (χ2v) is 7.35. The average molecular weight is 410 g/mol. The largest absolute Gasteiger partial charge is 0.369 e. The number of carbonyl (C=O) groups is 1. The van der Waals surface area contributed by atoms with Gasteiger partial charge in [0.25, 0.3) is 5.91 Å². The van der Waals surface area contributed by atoms with Gasteiger partial charge < -0.3 is 20.1 Å². The highest BCUT2D eigenvalue weighted by molar-refractivity contribution is 6.31. The maximum atomic E-state index is 13.3. The highest BCUT2D eigenvalue weighted by atomic mass is 35.5. The molecule has 2 N–H and O–H groups in total. The van der Waals surface area contributed by atoms with Crippen molar-refractivity contribution in [3.05, 3.63) is 40.9 Å². The lowest BCUT2D eigenvalue weighted by Gasteiger charge is -2.36. The molecule has 0 bridgehead atoms. The molecule has 1 saturated heterocycles. The molecule has 0 radical (unpaired) electrons. The zero-order chi connectivity index (χ0) is 19.8. The van der Waals surface area contributed by atoms with Crippen LogP contribution in [0.15, 0.2) is 24.4 Å². The Labute approximate surface area is 166 Å². The number of rotatable bonds is 4. The van der Waals surface area contributed by atoms with Crippen LogP contribution in [-0.4, -0.2) is 57.8 Å². The Morgan fingerprint density at radius 1 is 1.43 bits per heavy atom. The van der Waals surface area contributed by atoms with E-state index in [-0.39, 0.29) is 23.6 Å². The van der Waals surface area contributed by atoms with E-state index >= 15 is 0 Å². The van der Waals surface area contributed by atoms with Crippen LogP contribution in [0, 0.1) is 5.82 Å². The third-order valence-corrected chi connectivity index (χ3v) is 5.28. The van der Waals surface area contributed by atoms with Crippen molar-refractivity contribution in [1.82, 2.24) is 14.7 Å². The molecule has 2 aromatic rings. The van der Waals surface area contributed by atoms with Gasteiger partial charge in [0.1, 0.15) is 12.4 Å². The van der Waals surface area contributed by atoms with Gasteiger partial charge in [-0.2, -0.15) is 5.10 Å². The van der Waals surface area contributed by atoms with Gasteiger partial charge in [-0.15, -0.1) is 0 Å². The Bertz CT molecular complexity index is 892. The number of halogens is 2. The van der Waals surface area contributed by atoms with Crippen LogP contribution in [0.4, 0.5) is 15.8 Å². The highest BCUT2D eigenvalue weighted by Crippen LogP contribution is 2.29. The number of carbonyl (C=O) groups excluding carboxylic acids is 1. The summed E-state index contributed by atoms with van der Waals surface area (Å²) in [5.74, 6) is -0.621. The van der Waals surface area contributed by atoms with Gasteiger partial charge in [-0.25, -0.2) is 4.39 Å². The van der Waals surface area contributed by atoms with Crippen molar-refractivity contribution < 1.29 is 19.0 Å². The Morgan fingerprint density at radius 3 is 3.00 bits per heavy atom. The molecule has 3 heterocycles. The minimum absolute atomic E-state index is 0.0176. The van der Waals surface area contributed by atoms with Crippen LogP contribution in [0.25, 0.3) is 0 Å². The maximum Gasteiger partial charge on any atom is 0.253 e. The number of nitrogens with zero attached hydrogens (tertiary/aromatic N) is 4. The zero-order valence-electron chi connectivity index (χ0n) is 15.3. The molecular formula is C18H21ClFN5O3. The van der Waals surface area contributed by atoms with E-state index in [0.717, 1.165) is 11.4 Å². The first-order valence-corrected chi connectivity index (χ1v) is 9.40. The molecule has 0 saturated carbocycles. The quantitative estimate of drug-likeness (QED) is 0.747. The molecule has 2 aliphatic heterocycles. The minimum Gasteiger partial charge on any atom is -0.369 e. The summed E-state index contributed by atoms with van der Waals surface area (Å²) in [6, 6.07) is 4.09. The topological polar surface area (TPSA) is 82.9 Å². The number of fused-ring (bicyclic) bond motifs is 1. The van der Waals surface area contributed by atoms with Crippen LogP contribution in [0.2, 0.25) is 5.02 Å². The van der Waals surface area contributed by atoms with E-state index in [9.17, 15) is 14.3 Å². The third kappa shape index (κ3) is 3.58. The predicted molar refractivity (Wildman–Crippen MR) is 101 cm³/mol. The van der Waals surface area contributed by atoms with Crippen molar-refractivity contribution in [2.75, 3.05) is 30.0 Å². The summed E-state index contributed by atoms with van der Waals surface area (Å²) in [5, 5.41) is 17.9. The van der Waals surface area contributed by atoms with Crippen LogP contribution in [0.5, 0.6) is 0 Å². The average Bonchev–Trinajstić information content (AvgIpc) is 3.07. The highest BCUT2D eigenvalue weighted by Gasteiger charge is 2.33.